The van der Waals surface area contributed by atoms with E-state index >= 15 is 0 Å². The van der Waals surface area contributed by atoms with E-state index in [9.17, 15) is 9.90 Å². The highest BCUT2D eigenvalue weighted by atomic mass is 35.5. The lowest BCUT2D eigenvalue weighted by molar-refractivity contribution is -0.139. The van der Waals surface area contributed by atoms with Gasteiger partial charge in [-0.25, -0.2) is 0 Å². The first-order valence-corrected chi connectivity index (χ1v) is 9.77. The third-order valence-electron chi connectivity index (χ3n) is 5.10. The van der Waals surface area contributed by atoms with Crippen molar-refractivity contribution in [3.05, 3.63) is 64.7 Å². The van der Waals surface area contributed by atoms with Gasteiger partial charge in [-0.05, 0) is 54.7 Å². The van der Waals surface area contributed by atoms with Crippen LogP contribution in [0.5, 0.6) is 5.75 Å². The zero-order valence-corrected chi connectivity index (χ0v) is 16.4. The van der Waals surface area contributed by atoms with Crippen LogP contribution in [-0.2, 0) is 17.9 Å². The van der Waals surface area contributed by atoms with E-state index in [1.54, 1.807) is 7.11 Å². The first-order chi connectivity index (χ1) is 13.0. The summed E-state index contributed by atoms with van der Waals surface area (Å²) in [7, 11) is 1.64. The first-order valence-electron chi connectivity index (χ1n) is 9.39. The highest BCUT2D eigenvalue weighted by molar-refractivity contribution is 6.30. The summed E-state index contributed by atoms with van der Waals surface area (Å²) in [5.74, 6) is 0.776. The first kappa shape index (κ1) is 19.7. The number of nitrogens with zero attached hydrogens (tertiary/aromatic N) is 1. The van der Waals surface area contributed by atoms with Crippen LogP contribution in [0.1, 0.15) is 36.8 Å². The largest absolute Gasteiger partial charge is 0.497 e. The minimum atomic E-state index is -0.373. The van der Waals surface area contributed by atoms with Crippen LogP contribution < -0.4 is 4.74 Å². The zero-order valence-electron chi connectivity index (χ0n) is 15.6. The van der Waals surface area contributed by atoms with Gasteiger partial charge in [0.2, 0.25) is 5.91 Å². The monoisotopic (exact) mass is 387 g/mol. The van der Waals surface area contributed by atoms with Gasteiger partial charge in [0.1, 0.15) is 5.75 Å². The SMILES string of the molecule is COc1ccc(CN(Cc2cccc(Cl)c2)C(=O)[C@H]2CCC[C@H](O)C2)cc1. The van der Waals surface area contributed by atoms with Gasteiger partial charge >= 0.3 is 0 Å². The highest BCUT2D eigenvalue weighted by Crippen LogP contribution is 2.27. The Bertz CT molecular complexity index is 762. The van der Waals surface area contributed by atoms with Crippen LogP contribution in [0.25, 0.3) is 0 Å². The molecule has 27 heavy (non-hydrogen) atoms. The molecule has 2 aromatic rings. The number of rotatable bonds is 6. The third kappa shape index (κ3) is 5.47. The maximum absolute atomic E-state index is 13.2. The Morgan fingerprint density at radius 3 is 2.56 bits per heavy atom. The second-order valence-electron chi connectivity index (χ2n) is 7.19. The van der Waals surface area contributed by atoms with Crippen LogP contribution in [0.2, 0.25) is 5.02 Å². The number of hydrogen-bond acceptors (Lipinski definition) is 3. The topological polar surface area (TPSA) is 49.8 Å². The van der Waals surface area contributed by atoms with Gasteiger partial charge in [0, 0.05) is 24.0 Å². The number of aliphatic hydroxyl groups is 1. The van der Waals surface area contributed by atoms with Crippen molar-refractivity contribution in [2.75, 3.05) is 7.11 Å². The summed E-state index contributed by atoms with van der Waals surface area (Å²) >= 11 is 6.12. The summed E-state index contributed by atoms with van der Waals surface area (Å²) < 4.78 is 5.21. The Hall–Kier alpha value is -2.04. The summed E-state index contributed by atoms with van der Waals surface area (Å²) in [6.45, 7) is 1.01. The van der Waals surface area contributed by atoms with Gasteiger partial charge in [0.25, 0.3) is 0 Å². The van der Waals surface area contributed by atoms with Crippen molar-refractivity contribution in [1.82, 2.24) is 4.90 Å². The normalized spacial score (nSPS) is 19.5. The summed E-state index contributed by atoms with van der Waals surface area (Å²) in [5, 5.41) is 10.6. The lowest BCUT2D eigenvalue weighted by Gasteiger charge is -2.31. The van der Waals surface area contributed by atoms with Crippen LogP contribution in [0.4, 0.5) is 0 Å². The summed E-state index contributed by atoms with van der Waals surface area (Å²) in [5.41, 5.74) is 2.04. The number of halogens is 1. The predicted molar refractivity (Wildman–Crippen MR) is 107 cm³/mol. The van der Waals surface area contributed by atoms with E-state index in [1.807, 2.05) is 53.4 Å². The van der Waals surface area contributed by atoms with E-state index in [2.05, 4.69) is 0 Å². The lowest BCUT2D eigenvalue weighted by Crippen LogP contribution is -2.38. The minimum Gasteiger partial charge on any atom is -0.497 e. The molecule has 0 saturated heterocycles. The van der Waals surface area contributed by atoms with Gasteiger partial charge in [0.05, 0.1) is 13.2 Å². The number of carbonyl (C=O) groups excluding carboxylic acids is 1. The molecular weight excluding hydrogens is 362 g/mol. The Morgan fingerprint density at radius 2 is 1.89 bits per heavy atom. The molecule has 2 atom stereocenters. The quantitative estimate of drug-likeness (QED) is 0.797. The van der Waals surface area contributed by atoms with Crippen molar-refractivity contribution in [3.63, 3.8) is 0 Å². The third-order valence-corrected chi connectivity index (χ3v) is 5.34. The van der Waals surface area contributed by atoms with Crippen molar-refractivity contribution in [2.45, 2.75) is 44.9 Å². The maximum Gasteiger partial charge on any atom is 0.226 e. The molecule has 1 amide bonds. The van der Waals surface area contributed by atoms with Crippen LogP contribution >= 0.6 is 11.6 Å². The summed E-state index contributed by atoms with van der Waals surface area (Å²) in [6.07, 6.45) is 2.70. The fraction of sp³-hybridized carbons (Fsp3) is 0.409. The number of carbonyl (C=O) groups is 1. The molecule has 144 valence electrons. The fourth-order valence-corrected chi connectivity index (χ4v) is 3.88. The summed E-state index contributed by atoms with van der Waals surface area (Å²) in [4.78, 5) is 15.1. The molecule has 3 rings (SSSR count). The number of ether oxygens (including phenoxy) is 1. The van der Waals surface area contributed by atoms with Gasteiger partial charge in [-0.2, -0.15) is 0 Å². The molecule has 4 nitrogen and oxygen atoms in total. The van der Waals surface area contributed by atoms with E-state index in [0.717, 1.165) is 36.1 Å². The van der Waals surface area contributed by atoms with E-state index in [4.69, 9.17) is 16.3 Å². The van der Waals surface area contributed by atoms with E-state index in [-0.39, 0.29) is 17.9 Å². The number of amides is 1. The smallest absolute Gasteiger partial charge is 0.226 e. The number of hydrogen-bond donors (Lipinski definition) is 1. The Balaban J connectivity index is 1.79. The Labute approximate surface area is 165 Å². The molecule has 1 N–H and O–H groups in total. The molecule has 0 aromatic heterocycles. The van der Waals surface area contributed by atoms with Crippen LogP contribution in [0, 0.1) is 5.92 Å². The molecule has 1 saturated carbocycles. The molecular formula is C22H26ClNO3. The van der Waals surface area contributed by atoms with E-state index in [1.165, 1.54) is 0 Å². The van der Waals surface area contributed by atoms with Crippen molar-refractivity contribution < 1.29 is 14.6 Å². The van der Waals surface area contributed by atoms with Crippen molar-refractivity contribution >= 4 is 17.5 Å². The summed E-state index contributed by atoms with van der Waals surface area (Å²) in [6, 6.07) is 15.4. The standard InChI is InChI=1S/C22H26ClNO3/c1-27-21-10-8-16(9-11-21)14-24(15-17-4-2-6-19(23)12-17)22(26)18-5-3-7-20(25)13-18/h2,4,6,8-12,18,20,25H,3,5,7,13-15H2,1H3/t18-,20-/m0/s1. The Kier molecular flexibility index (Phi) is 6.75. The van der Waals surface area contributed by atoms with Gasteiger partial charge < -0.3 is 14.7 Å². The molecule has 0 unspecified atom stereocenters. The minimum absolute atomic E-state index is 0.101. The fourth-order valence-electron chi connectivity index (χ4n) is 3.67. The zero-order chi connectivity index (χ0) is 19.2. The molecule has 0 heterocycles. The van der Waals surface area contributed by atoms with Crippen LogP contribution in [0.3, 0.4) is 0 Å². The second-order valence-corrected chi connectivity index (χ2v) is 7.63. The molecule has 1 aliphatic carbocycles. The van der Waals surface area contributed by atoms with Crippen molar-refractivity contribution in [2.24, 2.45) is 5.92 Å². The van der Waals surface area contributed by atoms with Crippen LogP contribution in [0.15, 0.2) is 48.5 Å². The lowest BCUT2D eigenvalue weighted by atomic mass is 9.86. The van der Waals surface area contributed by atoms with Gasteiger partial charge in [-0.15, -0.1) is 0 Å². The van der Waals surface area contributed by atoms with E-state index < -0.39 is 0 Å². The predicted octanol–water partition coefficient (Wildman–Crippen LogP) is 4.43. The number of aliphatic hydroxyl groups excluding tert-OH is 1. The van der Waals surface area contributed by atoms with E-state index in [0.29, 0.717) is 24.5 Å². The van der Waals surface area contributed by atoms with Gasteiger partial charge in [-0.1, -0.05) is 42.3 Å². The molecule has 1 fully saturated rings. The number of methoxy groups -OCH3 is 1. The van der Waals surface area contributed by atoms with Crippen molar-refractivity contribution in [1.29, 1.82) is 0 Å². The molecule has 0 bridgehead atoms. The molecule has 0 spiro atoms. The molecule has 0 radical (unpaired) electrons. The van der Waals surface area contributed by atoms with Crippen molar-refractivity contribution in [3.8, 4) is 5.75 Å². The van der Waals surface area contributed by atoms with Gasteiger partial charge in [-0.3, -0.25) is 4.79 Å². The molecule has 2 aromatic carbocycles. The molecule has 5 heteroatoms. The van der Waals surface area contributed by atoms with Crippen LogP contribution in [-0.4, -0.2) is 29.1 Å². The highest BCUT2D eigenvalue weighted by Gasteiger charge is 2.29. The molecule has 1 aliphatic rings. The average molecular weight is 388 g/mol. The molecule has 0 aliphatic heterocycles. The second kappa shape index (κ2) is 9.25. The van der Waals surface area contributed by atoms with Gasteiger partial charge in [0.15, 0.2) is 0 Å². The Morgan fingerprint density at radius 1 is 1.15 bits per heavy atom. The maximum atomic E-state index is 13.2. The average Bonchev–Trinajstić information content (AvgIpc) is 2.67. The number of benzene rings is 2.